The summed E-state index contributed by atoms with van der Waals surface area (Å²) in [5.74, 6) is -0.807. The second-order valence-electron chi connectivity index (χ2n) is 8.45. The predicted octanol–water partition coefficient (Wildman–Crippen LogP) is 2.61. The van der Waals surface area contributed by atoms with E-state index in [-0.39, 0.29) is 23.5 Å². The van der Waals surface area contributed by atoms with Crippen LogP contribution in [0.3, 0.4) is 0 Å². The van der Waals surface area contributed by atoms with Crippen molar-refractivity contribution >= 4 is 32.6 Å². The van der Waals surface area contributed by atoms with Crippen molar-refractivity contribution in [2.45, 2.75) is 52.0 Å². The number of hydrogen-bond acceptors (Lipinski definition) is 6. The molecule has 2 aliphatic rings. The molecule has 0 unspecified atom stereocenters. The highest BCUT2D eigenvalue weighted by Gasteiger charge is 2.34. The predicted molar refractivity (Wildman–Crippen MR) is 118 cm³/mol. The van der Waals surface area contributed by atoms with Crippen LogP contribution in [0.1, 0.15) is 53.4 Å². The summed E-state index contributed by atoms with van der Waals surface area (Å²) in [5.41, 5.74) is 4.16. The summed E-state index contributed by atoms with van der Waals surface area (Å²) in [4.78, 5) is 32.2. The maximum atomic E-state index is 13.2. The molecule has 166 valence electrons. The Hall–Kier alpha value is -2.48. The summed E-state index contributed by atoms with van der Waals surface area (Å²) in [6.45, 7) is 3.75. The number of carbonyl (C=O) groups excluding carboxylic acids is 2. The number of rotatable bonds is 5. The summed E-state index contributed by atoms with van der Waals surface area (Å²) in [6, 6.07) is 5.48. The molecule has 8 heteroatoms. The molecular formula is C23H28N2O5S. The van der Waals surface area contributed by atoms with E-state index in [0.29, 0.717) is 18.5 Å². The molecule has 4 rings (SSSR count). The minimum absolute atomic E-state index is 0.0255. The monoisotopic (exact) mass is 444 g/mol. The number of pyridine rings is 1. The molecule has 0 N–H and O–H groups in total. The van der Waals surface area contributed by atoms with Gasteiger partial charge in [0.1, 0.15) is 0 Å². The molecule has 1 atom stereocenters. The molecule has 2 aromatic rings. The van der Waals surface area contributed by atoms with Crippen molar-refractivity contribution in [3.05, 3.63) is 40.6 Å². The summed E-state index contributed by atoms with van der Waals surface area (Å²) in [5, 5.41) is 0.757. The Morgan fingerprint density at radius 2 is 2.00 bits per heavy atom. The van der Waals surface area contributed by atoms with E-state index in [1.165, 1.54) is 4.90 Å². The number of ether oxygens (including phenoxy) is 1. The Kier molecular flexibility index (Phi) is 6.01. The first-order valence-electron chi connectivity index (χ1n) is 10.9. The number of sulfone groups is 1. The van der Waals surface area contributed by atoms with E-state index in [0.717, 1.165) is 53.4 Å². The number of nitrogens with zero attached hydrogens (tertiary/aromatic N) is 2. The molecular weight excluding hydrogens is 416 g/mol. The standard InChI is InChI=1S/C23H28N2O5S/c1-3-25(16-10-11-31(28,29)14-16)21(26)13-30-23(27)22-17-6-4-5-7-19(17)24-20-9-8-15(2)12-18(20)22/h8-9,12,16H,3-7,10-11,13-14H2,1-2H3/t16-/m1/s1. The molecule has 1 amide bonds. The van der Waals surface area contributed by atoms with Gasteiger partial charge in [0.15, 0.2) is 16.4 Å². The largest absolute Gasteiger partial charge is 0.452 e. The van der Waals surface area contributed by atoms with Gasteiger partial charge in [-0.15, -0.1) is 0 Å². The van der Waals surface area contributed by atoms with Crippen LogP contribution in [-0.2, 0) is 32.2 Å². The van der Waals surface area contributed by atoms with Gasteiger partial charge < -0.3 is 9.64 Å². The number of carbonyl (C=O) groups is 2. The van der Waals surface area contributed by atoms with Crippen molar-refractivity contribution in [3.63, 3.8) is 0 Å². The lowest BCUT2D eigenvalue weighted by Crippen LogP contribution is -2.43. The van der Waals surface area contributed by atoms with Gasteiger partial charge in [0.25, 0.3) is 5.91 Å². The third-order valence-corrected chi connectivity index (χ3v) is 8.01. The number of likely N-dealkylation sites (N-methyl/N-ethyl adjacent to an activating group) is 1. The Labute approximate surface area is 182 Å². The molecule has 1 fully saturated rings. The molecule has 2 heterocycles. The highest BCUT2D eigenvalue weighted by atomic mass is 32.2. The molecule has 0 radical (unpaired) electrons. The Bertz CT molecular complexity index is 1140. The average Bonchev–Trinajstić information content (AvgIpc) is 3.10. The number of esters is 1. The topological polar surface area (TPSA) is 93.6 Å². The Morgan fingerprint density at radius 1 is 1.23 bits per heavy atom. The van der Waals surface area contributed by atoms with E-state index in [1.54, 1.807) is 6.92 Å². The Balaban J connectivity index is 1.57. The summed E-state index contributed by atoms with van der Waals surface area (Å²) < 4.78 is 29.1. The number of benzene rings is 1. The zero-order chi connectivity index (χ0) is 22.2. The molecule has 1 aliphatic carbocycles. The lowest BCUT2D eigenvalue weighted by atomic mass is 9.89. The third kappa shape index (κ3) is 4.44. The van der Waals surface area contributed by atoms with Crippen LogP contribution < -0.4 is 0 Å². The fraction of sp³-hybridized carbons (Fsp3) is 0.522. The van der Waals surface area contributed by atoms with E-state index < -0.39 is 22.4 Å². The van der Waals surface area contributed by atoms with Crippen molar-refractivity contribution in [1.29, 1.82) is 0 Å². The van der Waals surface area contributed by atoms with Crippen molar-refractivity contribution in [2.75, 3.05) is 24.7 Å². The summed E-state index contributed by atoms with van der Waals surface area (Å²) in [7, 11) is -3.11. The number of aromatic nitrogens is 1. The normalized spacial score (nSPS) is 19.7. The van der Waals surface area contributed by atoms with E-state index in [2.05, 4.69) is 0 Å². The van der Waals surface area contributed by atoms with Crippen LogP contribution in [0.15, 0.2) is 18.2 Å². The number of fused-ring (bicyclic) bond motifs is 2. The first kappa shape index (κ1) is 21.7. The first-order chi connectivity index (χ1) is 14.8. The SMILES string of the molecule is CCN(C(=O)COC(=O)c1c2c(nc3ccc(C)cc13)CCCC2)[C@@H]1CCS(=O)(=O)C1. The van der Waals surface area contributed by atoms with Crippen LogP contribution in [0, 0.1) is 6.92 Å². The van der Waals surface area contributed by atoms with E-state index >= 15 is 0 Å². The van der Waals surface area contributed by atoms with Gasteiger partial charge in [-0.3, -0.25) is 9.78 Å². The molecule has 1 saturated heterocycles. The number of hydrogen-bond donors (Lipinski definition) is 0. The fourth-order valence-corrected chi connectivity index (χ4v) is 6.44. The highest BCUT2D eigenvalue weighted by molar-refractivity contribution is 7.91. The van der Waals surface area contributed by atoms with E-state index in [4.69, 9.17) is 9.72 Å². The maximum absolute atomic E-state index is 13.2. The van der Waals surface area contributed by atoms with Crippen LogP contribution in [-0.4, -0.2) is 60.9 Å². The molecule has 1 aromatic carbocycles. The third-order valence-electron chi connectivity index (χ3n) is 6.26. The van der Waals surface area contributed by atoms with E-state index in [9.17, 15) is 18.0 Å². The van der Waals surface area contributed by atoms with Crippen LogP contribution in [0.25, 0.3) is 10.9 Å². The van der Waals surface area contributed by atoms with Gasteiger partial charge in [-0.25, -0.2) is 13.2 Å². The van der Waals surface area contributed by atoms with Gasteiger partial charge in [-0.1, -0.05) is 11.6 Å². The zero-order valence-electron chi connectivity index (χ0n) is 18.0. The van der Waals surface area contributed by atoms with Crippen molar-refractivity contribution in [1.82, 2.24) is 9.88 Å². The van der Waals surface area contributed by atoms with Crippen LogP contribution in [0.4, 0.5) is 0 Å². The van der Waals surface area contributed by atoms with Crippen LogP contribution >= 0.6 is 0 Å². The van der Waals surface area contributed by atoms with Gasteiger partial charge in [0, 0.05) is 23.7 Å². The molecule has 7 nitrogen and oxygen atoms in total. The van der Waals surface area contributed by atoms with Crippen molar-refractivity contribution in [3.8, 4) is 0 Å². The highest BCUT2D eigenvalue weighted by Crippen LogP contribution is 2.30. The lowest BCUT2D eigenvalue weighted by Gasteiger charge is -2.26. The average molecular weight is 445 g/mol. The number of aryl methyl sites for hydroxylation is 2. The minimum atomic E-state index is -3.11. The molecule has 1 aromatic heterocycles. The quantitative estimate of drug-likeness (QED) is 0.658. The van der Waals surface area contributed by atoms with Gasteiger partial charge in [-0.05, 0) is 63.6 Å². The molecule has 0 saturated carbocycles. The molecule has 0 bridgehead atoms. The second-order valence-corrected chi connectivity index (χ2v) is 10.7. The van der Waals surface area contributed by atoms with Crippen LogP contribution in [0.2, 0.25) is 0 Å². The van der Waals surface area contributed by atoms with Gasteiger partial charge in [-0.2, -0.15) is 0 Å². The van der Waals surface area contributed by atoms with E-state index in [1.807, 2.05) is 25.1 Å². The molecule has 31 heavy (non-hydrogen) atoms. The molecule has 1 aliphatic heterocycles. The fourth-order valence-electron chi connectivity index (χ4n) is 4.71. The number of amides is 1. The van der Waals surface area contributed by atoms with Gasteiger partial charge in [0.2, 0.25) is 0 Å². The molecule has 0 spiro atoms. The summed E-state index contributed by atoms with van der Waals surface area (Å²) in [6.07, 6.45) is 4.06. The lowest BCUT2D eigenvalue weighted by molar-refractivity contribution is -0.136. The van der Waals surface area contributed by atoms with Gasteiger partial charge >= 0.3 is 5.97 Å². The second kappa shape index (κ2) is 8.57. The van der Waals surface area contributed by atoms with Crippen molar-refractivity contribution < 1.29 is 22.7 Å². The first-order valence-corrected chi connectivity index (χ1v) is 12.7. The smallest absolute Gasteiger partial charge is 0.339 e. The maximum Gasteiger partial charge on any atom is 0.339 e. The minimum Gasteiger partial charge on any atom is -0.452 e. The zero-order valence-corrected chi connectivity index (χ0v) is 18.8. The van der Waals surface area contributed by atoms with Gasteiger partial charge in [0.05, 0.1) is 22.6 Å². The Morgan fingerprint density at radius 3 is 2.71 bits per heavy atom. The van der Waals surface area contributed by atoms with Crippen molar-refractivity contribution in [2.24, 2.45) is 0 Å². The summed E-state index contributed by atoms with van der Waals surface area (Å²) >= 11 is 0. The van der Waals surface area contributed by atoms with Crippen LogP contribution in [0.5, 0.6) is 0 Å².